The van der Waals surface area contributed by atoms with Crippen molar-refractivity contribution in [2.24, 2.45) is 0 Å². The van der Waals surface area contributed by atoms with Crippen molar-refractivity contribution < 1.29 is 14.6 Å². The van der Waals surface area contributed by atoms with Gasteiger partial charge in [0, 0.05) is 0 Å². The van der Waals surface area contributed by atoms with Gasteiger partial charge in [-0.3, -0.25) is 0 Å². The van der Waals surface area contributed by atoms with Crippen molar-refractivity contribution in [3.05, 3.63) is 48.5 Å². The fraction of sp³-hybridized carbons (Fsp3) is 0.143. The molecule has 0 aliphatic rings. The molecular formula is C14H14O3. The first-order valence-electron chi connectivity index (χ1n) is 5.49. The lowest BCUT2D eigenvalue weighted by atomic mass is 10.3. The van der Waals surface area contributed by atoms with Crippen molar-refractivity contribution in [2.45, 2.75) is 6.92 Å². The summed E-state index contributed by atoms with van der Waals surface area (Å²) in [5.41, 5.74) is 0. The van der Waals surface area contributed by atoms with Gasteiger partial charge >= 0.3 is 0 Å². The summed E-state index contributed by atoms with van der Waals surface area (Å²) in [5, 5.41) is 9.93. The molecule has 0 unspecified atom stereocenters. The minimum atomic E-state index is 0.0261. The quantitative estimate of drug-likeness (QED) is 0.872. The van der Waals surface area contributed by atoms with Gasteiger partial charge < -0.3 is 14.6 Å². The minimum Gasteiger partial charge on any atom is -0.502 e. The zero-order valence-corrected chi connectivity index (χ0v) is 9.59. The van der Waals surface area contributed by atoms with E-state index in [2.05, 4.69) is 0 Å². The van der Waals surface area contributed by atoms with E-state index in [9.17, 15) is 5.11 Å². The third-order valence-electron chi connectivity index (χ3n) is 2.23. The number of hydrogen-bond donors (Lipinski definition) is 1. The van der Waals surface area contributed by atoms with Crippen molar-refractivity contribution >= 4 is 0 Å². The first kappa shape index (κ1) is 11.3. The van der Waals surface area contributed by atoms with Crippen LogP contribution in [0.4, 0.5) is 0 Å². The third-order valence-corrected chi connectivity index (χ3v) is 2.23. The molecule has 0 fully saturated rings. The minimum absolute atomic E-state index is 0.0261. The molecule has 88 valence electrons. The van der Waals surface area contributed by atoms with E-state index in [1.54, 1.807) is 18.2 Å². The topological polar surface area (TPSA) is 38.7 Å². The lowest BCUT2D eigenvalue weighted by molar-refractivity contribution is 0.310. The Labute approximate surface area is 100 Å². The molecule has 0 amide bonds. The molecule has 0 heterocycles. The fourth-order valence-corrected chi connectivity index (χ4v) is 1.47. The number of phenols is 1. The Balaban J connectivity index is 2.24. The zero-order chi connectivity index (χ0) is 12.1. The summed E-state index contributed by atoms with van der Waals surface area (Å²) >= 11 is 0. The van der Waals surface area contributed by atoms with Gasteiger partial charge in [-0.1, -0.05) is 24.3 Å². The highest BCUT2D eigenvalue weighted by Gasteiger charge is 2.09. The number of benzene rings is 2. The van der Waals surface area contributed by atoms with Crippen LogP contribution in [0.2, 0.25) is 0 Å². The van der Waals surface area contributed by atoms with Crippen LogP contribution in [-0.4, -0.2) is 11.7 Å². The number of phenolic OH excluding ortho intramolecular Hbond substituents is 1. The highest BCUT2D eigenvalue weighted by molar-refractivity contribution is 5.51. The van der Waals surface area contributed by atoms with E-state index in [1.807, 2.05) is 37.3 Å². The molecule has 2 aromatic rings. The maximum absolute atomic E-state index is 9.93. The Bertz CT molecular complexity index is 480. The van der Waals surface area contributed by atoms with Gasteiger partial charge in [0.15, 0.2) is 11.5 Å². The van der Waals surface area contributed by atoms with E-state index >= 15 is 0 Å². The van der Waals surface area contributed by atoms with E-state index in [0.717, 1.165) is 0 Å². The number of para-hydroxylation sites is 2. The first-order chi connectivity index (χ1) is 8.31. The maximum Gasteiger partial charge on any atom is 0.201 e. The van der Waals surface area contributed by atoms with Crippen molar-refractivity contribution in [2.75, 3.05) is 6.61 Å². The Morgan fingerprint density at radius 2 is 1.65 bits per heavy atom. The van der Waals surface area contributed by atoms with E-state index < -0.39 is 0 Å². The number of rotatable bonds is 4. The Morgan fingerprint density at radius 1 is 0.941 bits per heavy atom. The summed E-state index contributed by atoms with van der Waals surface area (Å²) in [7, 11) is 0. The molecule has 3 heteroatoms. The Kier molecular flexibility index (Phi) is 3.50. The van der Waals surface area contributed by atoms with Crippen LogP contribution >= 0.6 is 0 Å². The summed E-state index contributed by atoms with van der Waals surface area (Å²) in [6.45, 7) is 2.37. The van der Waals surface area contributed by atoms with Gasteiger partial charge in [-0.15, -0.1) is 0 Å². The van der Waals surface area contributed by atoms with Crippen LogP contribution in [0.1, 0.15) is 6.92 Å². The molecule has 0 spiro atoms. The molecule has 0 aromatic heterocycles. The molecule has 1 N–H and O–H groups in total. The van der Waals surface area contributed by atoms with Gasteiger partial charge in [0.2, 0.25) is 5.75 Å². The van der Waals surface area contributed by atoms with Gasteiger partial charge in [-0.25, -0.2) is 0 Å². The highest BCUT2D eigenvalue weighted by Crippen LogP contribution is 2.38. The van der Waals surface area contributed by atoms with Gasteiger partial charge in [-0.05, 0) is 31.2 Å². The molecule has 0 aliphatic carbocycles. The summed E-state index contributed by atoms with van der Waals surface area (Å²) < 4.78 is 10.9. The lowest BCUT2D eigenvalue weighted by Crippen LogP contribution is -1.93. The third kappa shape index (κ3) is 2.69. The van der Waals surface area contributed by atoms with Crippen LogP contribution in [0.25, 0.3) is 0 Å². The Morgan fingerprint density at radius 3 is 2.35 bits per heavy atom. The summed E-state index contributed by atoms with van der Waals surface area (Å²) in [6.07, 6.45) is 0. The van der Waals surface area contributed by atoms with Crippen LogP contribution < -0.4 is 9.47 Å². The van der Waals surface area contributed by atoms with E-state index in [0.29, 0.717) is 23.9 Å². The van der Waals surface area contributed by atoms with Crippen LogP contribution in [0, 0.1) is 0 Å². The lowest BCUT2D eigenvalue weighted by Gasteiger charge is -2.10. The van der Waals surface area contributed by atoms with E-state index in [4.69, 9.17) is 9.47 Å². The second-order valence-electron chi connectivity index (χ2n) is 3.45. The molecule has 2 rings (SSSR count). The molecule has 0 saturated carbocycles. The molecule has 0 aliphatic heterocycles. The number of ether oxygens (including phenoxy) is 2. The maximum atomic E-state index is 9.93. The number of hydrogen-bond acceptors (Lipinski definition) is 3. The predicted octanol–water partition coefficient (Wildman–Crippen LogP) is 3.58. The highest BCUT2D eigenvalue weighted by atomic mass is 16.5. The van der Waals surface area contributed by atoms with Gasteiger partial charge in [-0.2, -0.15) is 0 Å². The number of aromatic hydroxyl groups is 1. The first-order valence-corrected chi connectivity index (χ1v) is 5.49. The van der Waals surface area contributed by atoms with Crippen LogP contribution in [0.3, 0.4) is 0 Å². The second kappa shape index (κ2) is 5.25. The smallest absolute Gasteiger partial charge is 0.201 e. The van der Waals surface area contributed by atoms with Crippen molar-refractivity contribution in [1.82, 2.24) is 0 Å². The summed E-state index contributed by atoms with van der Waals surface area (Å²) in [5.74, 6) is 1.53. The molecule has 17 heavy (non-hydrogen) atoms. The van der Waals surface area contributed by atoms with E-state index in [-0.39, 0.29) is 5.75 Å². The van der Waals surface area contributed by atoms with Crippen LogP contribution in [0.15, 0.2) is 48.5 Å². The second-order valence-corrected chi connectivity index (χ2v) is 3.45. The van der Waals surface area contributed by atoms with Crippen LogP contribution in [-0.2, 0) is 0 Å². The largest absolute Gasteiger partial charge is 0.502 e. The van der Waals surface area contributed by atoms with E-state index in [1.165, 1.54) is 0 Å². The van der Waals surface area contributed by atoms with Gasteiger partial charge in [0.1, 0.15) is 5.75 Å². The molecule has 0 bridgehead atoms. The zero-order valence-electron chi connectivity index (χ0n) is 9.59. The fourth-order valence-electron chi connectivity index (χ4n) is 1.47. The van der Waals surface area contributed by atoms with Crippen molar-refractivity contribution in [1.29, 1.82) is 0 Å². The van der Waals surface area contributed by atoms with Gasteiger partial charge in [0.05, 0.1) is 6.61 Å². The monoisotopic (exact) mass is 230 g/mol. The summed E-state index contributed by atoms with van der Waals surface area (Å²) in [6, 6.07) is 14.5. The molecule has 3 nitrogen and oxygen atoms in total. The van der Waals surface area contributed by atoms with Crippen LogP contribution in [0.5, 0.6) is 23.0 Å². The average Bonchev–Trinajstić information content (AvgIpc) is 2.36. The molecule has 2 aromatic carbocycles. The predicted molar refractivity (Wildman–Crippen MR) is 65.8 cm³/mol. The molecule has 0 atom stereocenters. The molecular weight excluding hydrogens is 216 g/mol. The molecule has 0 radical (unpaired) electrons. The van der Waals surface area contributed by atoms with Crippen molar-refractivity contribution in [3.63, 3.8) is 0 Å². The summed E-state index contributed by atoms with van der Waals surface area (Å²) in [4.78, 5) is 0. The average molecular weight is 230 g/mol. The van der Waals surface area contributed by atoms with Crippen molar-refractivity contribution in [3.8, 4) is 23.0 Å². The Hall–Kier alpha value is -2.16. The SMILES string of the molecule is CCOc1cccc(Oc2ccccc2)c1O. The molecule has 0 saturated heterocycles. The standard InChI is InChI=1S/C14H14O3/c1-2-16-12-9-6-10-13(14(12)15)17-11-7-4-3-5-8-11/h3-10,15H,2H2,1H3. The normalized spacial score (nSPS) is 9.94. The van der Waals surface area contributed by atoms with Gasteiger partial charge in [0.25, 0.3) is 0 Å².